The summed E-state index contributed by atoms with van der Waals surface area (Å²) in [6.07, 6.45) is 7.11. The van der Waals surface area contributed by atoms with E-state index in [0.717, 1.165) is 58.3 Å². The molecule has 4 aliphatic heterocycles. The van der Waals surface area contributed by atoms with Crippen LogP contribution >= 0.6 is 0 Å². The predicted octanol–water partition coefficient (Wildman–Crippen LogP) is 6.01. The minimum atomic E-state index is -0.654. The second-order valence-corrected chi connectivity index (χ2v) is 13.3. The summed E-state index contributed by atoms with van der Waals surface area (Å²) in [6.45, 7) is 8.84. The molecule has 4 fully saturated rings. The van der Waals surface area contributed by atoms with E-state index < -0.39 is 5.82 Å². The van der Waals surface area contributed by atoms with Gasteiger partial charge in [-0.05, 0) is 79.1 Å². The molecule has 230 valence electrons. The molecule has 44 heavy (non-hydrogen) atoms. The van der Waals surface area contributed by atoms with Gasteiger partial charge in [-0.15, -0.1) is 0 Å². The number of nitrogens with zero attached hydrogens (tertiary/aromatic N) is 5. The van der Waals surface area contributed by atoms with E-state index in [4.69, 9.17) is 14.5 Å². The standard InChI is InChI=1S/C34H37F2N5O3/c1-3-23-26(35)6-5-21-13-22(42)14-24(27(21)23)29-28(36)30-25(16-37-29)31(40-11-8-34(18-40)9-12-44-34)39-32(38-30)43-19-33-7-4-10-41(33)17-20(2)15-33/h5-6,13-14,16,20,42H,3-4,7-12,15,17-19H2,1-2H3/t20-,33+,34?/m1/s1. The van der Waals surface area contributed by atoms with E-state index >= 15 is 4.39 Å². The monoisotopic (exact) mass is 601 g/mol. The van der Waals surface area contributed by atoms with Gasteiger partial charge in [0.2, 0.25) is 0 Å². The van der Waals surface area contributed by atoms with Crippen LogP contribution in [0.4, 0.5) is 14.6 Å². The third kappa shape index (κ3) is 4.32. The van der Waals surface area contributed by atoms with Crippen LogP contribution < -0.4 is 9.64 Å². The lowest BCUT2D eigenvalue weighted by atomic mass is 9.92. The Balaban J connectivity index is 1.26. The Morgan fingerprint density at radius 1 is 1.14 bits per heavy atom. The first kappa shape index (κ1) is 27.9. The van der Waals surface area contributed by atoms with Gasteiger partial charge in [0.05, 0.1) is 23.1 Å². The van der Waals surface area contributed by atoms with E-state index in [9.17, 15) is 9.50 Å². The lowest BCUT2D eigenvalue weighted by molar-refractivity contribution is -0.130. The molecule has 8 nitrogen and oxygen atoms in total. The summed E-state index contributed by atoms with van der Waals surface area (Å²) in [5, 5.41) is 12.2. The summed E-state index contributed by atoms with van der Waals surface area (Å²) in [4.78, 5) is 18.7. The first-order chi connectivity index (χ1) is 21.3. The largest absolute Gasteiger partial charge is 0.508 e. The van der Waals surface area contributed by atoms with Crippen LogP contribution in [0.5, 0.6) is 11.8 Å². The molecule has 2 aromatic carbocycles. The predicted molar refractivity (Wildman–Crippen MR) is 164 cm³/mol. The molecule has 0 bridgehead atoms. The maximum Gasteiger partial charge on any atom is 0.319 e. The number of benzene rings is 2. The number of aryl methyl sites for hydroxylation is 1. The number of pyridine rings is 1. The molecule has 8 rings (SSSR count). The van der Waals surface area contributed by atoms with Gasteiger partial charge >= 0.3 is 6.01 Å². The maximum atomic E-state index is 16.8. The Morgan fingerprint density at radius 2 is 2.00 bits per heavy atom. The van der Waals surface area contributed by atoms with Crippen LogP contribution in [-0.4, -0.2) is 75.5 Å². The summed E-state index contributed by atoms with van der Waals surface area (Å²) >= 11 is 0. The normalized spacial score (nSPS) is 26.6. The molecule has 4 saturated heterocycles. The van der Waals surface area contributed by atoms with E-state index in [1.165, 1.54) is 12.1 Å². The third-order valence-electron chi connectivity index (χ3n) is 10.5. The van der Waals surface area contributed by atoms with Crippen LogP contribution in [0, 0.1) is 17.6 Å². The van der Waals surface area contributed by atoms with Crippen LogP contribution in [0.2, 0.25) is 0 Å². The Labute approximate surface area is 255 Å². The van der Waals surface area contributed by atoms with Crippen molar-refractivity contribution in [1.82, 2.24) is 19.9 Å². The quantitative estimate of drug-likeness (QED) is 0.288. The number of aromatic hydroxyl groups is 1. The number of phenolic OH excluding ortho intramolecular Hbond substituents is 1. The smallest absolute Gasteiger partial charge is 0.319 e. The number of phenols is 1. The molecule has 4 aliphatic rings. The molecule has 0 radical (unpaired) electrons. The van der Waals surface area contributed by atoms with E-state index in [2.05, 4.69) is 26.7 Å². The second-order valence-electron chi connectivity index (χ2n) is 13.3. The van der Waals surface area contributed by atoms with Crippen molar-refractivity contribution in [3.63, 3.8) is 0 Å². The van der Waals surface area contributed by atoms with Crippen molar-refractivity contribution < 1.29 is 23.4 Å². The minimum Gasteiger partial charge on any atom is -0.508 e. The average Bonchev–Trinajstić information content (AvgIpc) is 3.69. The molecular formula is C34H37F2N5O3. The van der Waals surface area contributed by atoms with Crippen molar-refractivity contribution in [3.05, 3.63) is 47.7 Å². The summed E-state index contributed by atoms with van der Waals surface area (Å²) < 4.78 is 44.1. The number of anilines is 1. The zero-order chi connectivity index (χ0) is 30.2. The van der Waals surface area contributed by atoms with Gasteiger partial charge in [-0.1, -0.05) is 19.9 Å². The highest BCUT2D eigenvalue weighted by Gasteiger charge is 2.48. The first-order valence-corrected chi connectivity index (χ1v) is 15.9. The van der Waals surface area contributed by atoms with E-state index in [-0.39, 0.29) is 39.9 Å². The highest BCUT2D eigenvalue weighted by Crippen LogP contribution is 2.44. The molecule has 1 spiro atoms. The SMILES string of the molecule is CCc1c(F)ccc2cc(O)cc(-c3ncc4c(N5CCC6(CCO6)C5)nc(OC[C@@]56CCCN5C[C@H](C)C6)nc4c3F)c12. The van der Waals surface area contributed by atoms with Crippen LogP contribution in [0.1, 0.15) is 51.5 Å². The molecular weight excluding hydrogens is 564 g/mol. The molecule has 0 amide bonds. The number of hydrogen-bond acceptors (Lipinski definition) is 8. The van der Waals surface area contributed by atoms with Crippen LogP contribution in [0.3, 0.4) is 0 Å². The van der Waals surface area contributed by atoms with Crippen molar-refractivity contribution in [2.24, 2.45) is 5.92 Å². The molecule has 10 heteroatoms. The van der Waals surface area contributed by atoms with Crippen molar-refractivity contribution in [3.8, 4) is 23.0 Å². The minimum absolute atomic E-state index is 0.000280. The molecule has 0 aliphatic carbocycles. The fourth-order valence-electron chi connectivity index (χ4n) is 8.31. The molecule has 6 heterocycles. The lowest BCUT2D eigenvalue weighted by Gasteiger charge is -2.38. The number of halogens is 2. The number of fused-ring (bicyclic) bond motifs is 3. The van der Waals surface area contributed by atoms with Gasteiger partial charge in [-0.25, -0.2) is 8.78 Å². The van der Waals surface area contributed by atoms with Gasteiger partial charge in [0, 0.05) is 37.8 Å². The number of ether oxygens (including phenoxy) is 2. The summed E-state index contributed by atoms with van der Waals surface area (Å²) in [6, 6.07) is 6.12. The molecule has 1 unspecified atom stereocenters. The Bertz CT molecular complexity index is 1800. The van der Waals surface area contributed by atoms with Gasteiger partial charge in [-0.3, -0.25) is 9.88 Å². The number of aromatic nitrogens is 3. The fraction of sp³-hybridized carbons (Fsp3) is 0.500. The molecule has 4 aromatic rings. The highest BCUT2D eigenvalue weighted by molar-refractivity contribution is 6.01. The van der Waals surface area contributed by atoms with Crippen molar-refractivity contribution >= 4 is 27.5 Å². The average molecular weight is 602 g/mol. The Kier molecular flexibility index (Phi) is 6.47. The van der Waals surface area contributed by atoms with Gasteiger partial charge in [0.15, 0.2) is 5.82 Å². The summed E-state index contributed by atoms with van der Waals surface area (Å²) in [5.41, 5.74) is 0.631. The van der Waals surface area contributed by atoms with Crippen molar-refractivity contribution in [2.45, 2.75) is 63.5 Å². The van der Waals surface area contributed by atoms with Gasteiger partial charge in [0.25, 0.3) is 0 Å². The van der Waals surface area contributed by atoms with E-state index in [1.807, 2.05) is 6.92 Å². The number of rotatable bonds is 6. The van der Waals surface area contributed by atoms with Crippen molar-refractivity contribution in [1.29, 1.82) is 0 Å². The van der Waals surface area contributed by atoms with E-state index in [1.54, 1.807) is 18.3 Å². The zero-order valence-corrected chi connectivity index (χ0v) is 25.2. The lowest BCUT2D eigenvalue weighted by Crippen LogP contribution is -2.46. The highest BCUT2D eigenvalue weighted by atomic mass is 19.1. The first-order valence-electron chi connectivity index (χ1n) is 15.9. The van der Waals surface area contributed by atoms with Gasteiger partial charge in [-0.2, -0.15) is 9.97 Å². The molecule has 2 aromatic heterocycles. The van der Waals surface area contributed by atoms with Gasteiger partial charge < -0.3 is 19.5 Å². The summed E-state index contributed by atoms with van der Waals surface area (Å²) in [7, 11) is 0. The zero-order valence-electron chi connectivity index (χ0n) is 25.2. The van der Waals surface area contributed by atoms with Crippen molar-refractivity contribution in [2.75, 3.05) is 44.3 Å². The third-order valence-corrected chi connectivity index (χ3v) is 10.5. The molecule has 3 atom stereocenters. The Hall–Kier alpha value is -3.63. The van der Waals surface area contributed by atoms with Crippen LogP contribution in [-0.2, 0) is 11.2 Å². The fourth-order valence-corrected chi connectivity index (χ4v) is 8.31. The number of hydrogen-bond donors (Lipinski definition) is 1. The van der Waals surface area contributed by atoms with Crippen LogP contribution in [0.25, 0.3) is 32.9 Å². The second kappa shape index (κ2) is 10.2. The van der Waals surface area contributed by atoms with E-state index in [0.29, 0.717) is 58.6 Å². The maximum absolute atomic E-state index is 16.8. The topological polar surface area (TPSA) is 83.8 Å². The van der Waals surface area contributed by atoms with Crippen LogP contribution in [0.15, 0.2) is 30.5 Å². The van der Waals surface area contributed by atoms with Gasteiger partial charge in [0.1, 0.15) is 35.2 Å². The molecule has 1 N–H and O–H groups in total. The Morgan fingerprint density at radius 3 is 2.77 bits per heavy atom. The molecule has 0 saturated carbocycles. The summed E-state index contributed by atoms with van der Waals surface area (Å²) in [5.74, 6) is 0.0893.